The molecule has 0 unspecified atom stereocenters. The van der Waals surface area contributed by atoms with Crippen LogP contribution >= 0.6 is 63.1 Å². The van der Waals surface area contributed by atoms with Crippen molar-refractivity contribution < 1.29 is 27.9 Å². The van der Waals surface area contributed by atoms with Crippen LogP contribution in [-0.4, -0.2) is 28.6 Å². The number of rotatable bonds is 8. The number of halogens is 4. The monoisotopic (exact) mass is 870 g/mol. The first kappa shape index (κ1) is 38.6. The van der Waals surface area contributed by atoms with Crippen LogP contribution in [0.4, 0.5) is 11.4 Å². The number of nitrogens with two attached hydrogens (primary N) is 2. The van der Waals surface area contributed by atoms with Gasteiger partial charge >= 0.3 is 0 Å². The van der Waals surface area contributed by atoms with E-state index in [1.807, 2.05) is 0 Å². The molecule has 4 aromatic rings. The number of hydrogen-bond acceptors (Lipinski definition) is 6. The Bertz CT molecular complexity index is 1800. The topological polar surface area (TPSA) is 179 Å². The SMILES string of the molecule is Cc1ccc(NC(=O)Cc2ccccc2Cl)cc1S(N)(=O)=O.I.NS(=O)(=O)c1cc(NC(=O)Cc2ccccc2Cl)ccc1Br.[HH]. The Morgan fingerprint density at radius 1 is 0.711 bits per heavy atom. The number of hydrogen-bond donors (Lipinski definition) is 4. The van der Waals surface area contributed by atoms with Gasteiger partial charge in [0, 0.05) is 27.3 Å². The Morgan fingerprint density at radius 3 is 1.53 bits per heavy atom. The third-order valence-electron chi connectivity index (χ3n) is 5.92. The molecule has 0 aliphatic rings. The molecule has 16 heteroatoms. The molecule has 0 heterocycles. The molecule has 4 rings (SSSR count). The van der Waals surface area contributed by atoms with Crippen molar-refractivity contribution in [1.29, 1.82) is 0 Å². The summed E-state index contributed by atoms with van der Waals surface area (Å²) >= 11 is 15.1. The van der Waals surface area contributed by atoms with Gasteiger partial charge in [-0.15, -0.1) is 24.0 Å². The minimum atomic E-state index is -3.88. The van der Waals surface area contributed by atoms with Crippen LogP contribution in [0, 0.1) is 6.92 Å². The molecule has 0 saturated heterocycles. The molecule has 0 spiro atoms. The number of aryl methyl sites for hydroxylation is 1. The summed E-state index contributed by atoms with van der Waals surface area (Å²) in [6, 6.07) is 23.0. The van der Waals surface area contributed by atoms with E-state index >= 15 is 0 Å². The zero-order valence-corrected chi connectivity index (χ0v) is 30.5. The van der Waals surface area contributed by atoms with Crippen LogP contribution in [0.25, 0.3) is 0 Å². The number of nitrogens with one attached hydrogen (secondary N) is 2. The quantitative estimate of drug-likeness (QED) is 0.152. The molecule has 0 bridgehead atoms. The average molecular weight is 872 g/mol. The summed E-state index contributed by atoms with van der Waals surface area (Å²) in [5.74, 6) is -0.604. The van der Waals surface area contributed by atoms with Gasteiger partial charge in [-0.3, -0.25) is 9.59 Å². The molecular formula is C29H30BrCl2IN4O6S2. The molecule has 0 aliphatic carbocycles. The molecule has 0 saturated carbocycles. The number of sulfonamides is 2. The van der Waals surface area contributed by atoms with Gasteiger partial charge in [-0.2, -0.15) is 0 Å². The second-order valence-electron chi connectivity index (χ2n) is 9.35. The first-order valence-electron chi connectivity index (χ1n) is 12.6. The van der Waals surface area contributed by atoms with Crippen LogP contribution in [0.2, 0.25) is 10.0 Å². The van der Waals surface area contributed by atoms with Gasteiger partial charge in [-0.25, -0.2) is 27.1 Å². The summed E-state index contributed by atoms with van der Waals surface area (Å²) in [5.41, 5.74) is 2.61. The van der Waals surface area contributed by atoms with Gasteiger partial charge in [-0.05, 0) is 82.0 Å². The molecule has 10 nitrogen and oxygen atoms in total. The normalized spacial score (nSPS) is 11.0. The van der Waals surface area contributed by atoms with Crippen LogP contribution in [-0.2, 0) is 42.5 Å². The van der Waals surface area contributed by atoms with Gasteiger partial charge in [0.2, 0.25) is 31.9 Å². The molecule has 0 radical (unpaired) electrons. The maximum Gasteiger partial charge on any atom is 0.239 e. The van der Waals surface area contributed by atoms with E-state index in [0.29, 0.717) is 42.6 Å². The van der Waals surface area contributed by atoms with Gasteiger partial charge in [-0.1, -0.05) is 65.7 Å². The fourth-order valence-electron chi connectivity index (χ4n) is 3.82. The van der Waals surface area contributed by atoms with E-state index < -0.39 is 20.0 Å². The molecule has 45 heavy (non-hydrogen) atoms. The third-order valence-corrected chi connectivity index (χ3v) is 9.61. The fraction of sp³-hybridized carbons (Fsp3) is 0.103. The largest absolute Gasteiger partial charge is 0.326 e. The standard InChI is InChI=1S/C15H15ClN2O3S.C14H12BrClN2O3S.HI.H2/c1-10-6-7-12(9-14(10)22(17,20)21)18-15(19)8-11-4-2-3-5-13(11)16;15-11-6-5-10(8-13(11)22(17,20)21)18-14(19)7-9-3-1-2-4-12(9)16;;/h2-7,9H,8H2,1H3,(H,18,19)(H2,17,20,21);1-6,8H,7H2,(H,18,19)(H2,17,20,21);2*1H. The van der Waals surface area contributed by atoms with E-state index in [-0.39, 0.29) is 59.9 Å². The smallest absolute Gasteiger partial charge is 0.239 e. The predicted molar refractivity (Wildman–Crippen MR) is 193 cm³/mol. The van der Waals surface area contributed by atoms with Crippen molar-refractivity contribution in [3.63, 3.8) is 0 Å². The molecule has 6 N–H and O–H groups in total. The van der Waals surface area contributed by atoms with Crippen molar-refractivity contribution >= 4 is 106 Å². The lowest BCUT2D eigenvalue weighted by molar-refractivity contribution is -0.116. The zero-order chi connectivity index (χ0) is 32.7. The molecule has 0 aromatic heterocycles. The first-order chi connectivity index (χ1) is 20.5. The second kappa shape index (κ2) is 16.8. The van der Waals surface area contributed by atoms with Crippen molar-refractivity contribution in [3.8, 4) is 0 Å². The Balaban J connectivity index is 0.000000441. The van der Waals surface area contributed by atoms with E-state index in [1.165, 1.54) is 18.2 Å². The first-order valence-corrected chi connectivity index (χ1v) is 17.2. The maximum absolute atomic E-state index is 12.0. The fourth-order valence-corrected chi connectivity index (χ4v) is 6.59. The van der Waals surface area contributed by atoms with Crippen LogP contribution in [0.15, 0.2) is 99.2 Å². The molecule has 0 fully saturated rings. The van der Waals surface area contributed by atoms with E-state index in [4.69, 9.17) is 33.5 Å². The Kier molecular flexibility index (Phi) is 14.4. The highest BCUT2D eigenvalue weighted by Gasteiger charge is 2.16. The van der Waals surface area contributed by atoms with Crippen molar-refractivity contribution in [2.24, 2.45) is 10.3 Å². The number of primary sulfonamides is 2. The Labute approximate surface area is 298 Å². The van der Waals surface area contributed by atoms with Gasteiger partial charge in [0.1, 0.15) is 0 Å². The Morgan fingerprint density at radius 2 is 1.11 bits per heavy atom. The molecule has 242 valence electrons. The highest BCUT2D eigenvalue weighted by molar-refractivity contribution is 14.0. The second-order valence-corrected chi connectivity index (χ2v) is 14.1. The molecule has 4 aromatic carbocycles. The van der Waals surface area contributed by atoms with Crippen LogP contribution in [0.5, 0.6) is 0 Å². The summed E-state index contributed by atoms with van der Waals surface area (Å²) in [5, 5.41) is 16.5. The highest BCUT2D eigenvalue weighted by atomic mass is 127. The van der Waals surface area contributed by atoms with Gasteiger partial charge in [0.15, 0.2) is 0 Å². The average Bonchev–Trinajstić information content (AvgIpc) is 2.92. The third kappa shape index (κ3) is 11.9. The highest BCUT2D eigenvalue weighted by Crippen LogP contribution is 2.25. The van der Waals surface area contributed by atoms with E-state index in [0.717, 1.165) is 0 Å². The molecule has 0 aliphatic heterocycles. The van der Waals surface area contributed by atoms with Crippen molar-refractivity contribution in [2.75, 3.05) is 10.6 Å². The minimum absolute atomic E-state index is 0. The summed E-state index contributed by atoms with van der Waals surface area (Å²) in [4.78, 5) is 23.9. The van der Waals surface area contributed by atoms with Crippen molar-refractivity contribution in [3.05, 3.63) is 116 Å². The lowest BCUT2D eigenvalue weighted by Gasteiger charge is -2.09. The predicted octanol–water partition coefficient (Wildman–Crippen LogP) is 6.27. The number of carbonyl (C=O) groups excluding carboxylic acids is 2. The van der Waals surface area contributed by atoms with Gasteiger partial charge in [0.05, 0.1) is 22.6 Å². The van der Waals surface area contributed by atoms with Crippen LogP contribution in [0.3, 0.4) is 0 Å². The number of anilines is 2. The van der Waals surface area contributed by atoms with Crippen LogP contribution < -0.4 is 20.9 Å². The molecule has 0 atom stereocenters. The lowest BCUT2D eigenvalue weighted by Crippen LogP contribution is -2.17. The molecule has 2 amide bonds. The Hall–Kier alpha value is -2.57. The lowest BCUT2D eigenvalue weighted by atomic mass is 10.1. The summed E-state index contributed by atoms with van der Waals surface area (Å²) in [7, 11) is -7.71. The molecular weight excluding hydrogens is 842 g/mol. The summed E-state index contributed by atoms with van der Waals surface area (Å²) < 4.78 is 46.2. The minimum Gasteiger partial charge on any atom is -0.326 e. The van der Waals surface area contributed by atoms with E-state index in [9.17, 15) is 26.4 Å². The number of carbonyl (C=O) groups is 2. The van der Waals surface area contributed by atoms with Gasteiger partial charge < -0.3 is 10.6 Å². The van der Waals surface area contributed by atoms with E-state index in [1.54, 1.807) is 73.7 Å². The maximum atomic E-state index is 12.0. The van der Waals surface area contributed by atoms with Gasteiger partial charge in [0.25, 0.3) is 0 Å². The van der Waals surface area contributed by atoms with Crippen LogP contribution in [0.1, 0.15) is 18.1 Å². The number of benzene rings is 4. The zero-order valence-electron chi connectivity index (χ0n) is 23.5. The number of amides is 2. The summed E-state index contributed by atoms with van der Waals surface area (Å²) in [6.45, 7) is 1.63. The summed E-state index contributed by atoms with van der Waals surface area (Å²) in [6.07, 6.45) is 0.179. The van der Waals surface area contributed by atoms with Crippen molar-refractivity contribution in [2.45, 2.75) is 29.6 Å². The van der Waals surface area contributed by atoms with Crippen molar-refractivity contribution in [1.82, 2.24) is 0 Å². The van der Waals surface area contributed by atoms with E-state index in [2.05, 4.69) is 26.6 Å².